The summed E-state index contributed by atoms with van der Waals surface area (Å²) in [7, 11) is 1.65. The van der Waals surface area contributed by atoms with E-state index in [1.54, 1.807) is 7.05 Å². The number of quaternary nitrogens is 1. The minimum atomic E-state index is -0.417. The van der Waals surface area contributed by atoms with Crippen molar-refractivity contribution in [2.75, 3.05) is 13.1 Å². The Morgan fingerprint density at radius 1 is 1.17 bits per heavy atom. The molecule has 0 fully saturated rings. The van der Waals surface area contributed by atoms with Crippen LogP contribution in [0.3, 0.4) is 0 Å². The highest BCUT2D eigenvalue weighted by Crippen LogP contribution is 2.13. The number of hydrogen-bond acceptors (Lipinski definition) is 3. The number of hydrogen-bond donors (Lipinski definition) is 2. The normalized spacial score (nSPS) is 12.0. The summed E-state index contributed by atoms with van der Waals surface area (Å²) in [5.74, 6) is 1.28. The minimum Gasteiger partial charge on any atom is -0.329 e. The average molecular weight is 336 g/mol. The summed E-state index contributed by atoms with van der Waals surface area (Å²) in [6, 6.07) is 0. The Balaban J connectivity index is 2.59. The monoisotopic (exact) mass is 336 g/mol. The van der Waals surface area contributed by atoms with E-state index >= 15 is 0 Å². The Kier molecular flexibility index (Phi) is 5.99. The minimum absolute atomic E-state index is 0.347. The van der Waals surface area contributed by atoms with Crippen molar-refractivity contribution >= 4 is 11.2 Å². The van der Waals surface area contributed by atoms with Crippen LogP contribution in [0.25, 0.3) is 11.2 Å². The van der Waals surface area contributed by atoms with E-state index in [-0.39, 0.29) is 5.56 Å². The van der Waals surface area contributed by atoms with Crippen LogP contribution in [0.5, 0.6) is 0 Å². The SMILES string of the molecule is CCC[NH+](CCC)Cc1nc2c(c(=O)[nH]c(=O)n2C)n1CC(C)C. The number of aryl methyl sites for hydroxylation is 1. The number of aromatic nitrogens is 4. The molecule has 0 bridgehead atoms. The van der Waals surface area contributed by atoms with E-state index in [1.807, 2.05) is 4.57 Å². The highest BCUT2D eigenvalue weighted by Gasteiger charge is 2.21. The molecule has 7 heteroatoms. The number of H-pyrrole nitrogens is 1. The number of nitrogens with one attached hydrogen (secondary N) is 2. The van der Waals surface area contributed by atoms with Gasteiger partial charge in [-0.15, -0.1) is 0 Å². The quantitative estimate of drug-likeness (QED) is 0.727. The Morgan fingerprint density at radius 3 is 2.33 bits per heavy atom. The second-order valence-electron chi connectivity index (χ2n) is 6.95. The zero-order valence-electron chi connectivity index (χ0n) is 15.5. The predicted molar refractivity (Wildman–Crippen MR) is 95.4 cm³/mol. The van der Waals surface area contributed by atoms with Gasteiger partial charge in [0.1, 0.15) is 6.54 Å². The number of nitrogens with zero attached hydrogens (tertiary/aromatic N) is 3. The maximum Gasteiger partial charge on any atom is 0.329 e. The third-order valence-electron chi connectivity index (χ3n) is 4.25. The lowest BCUT2D eigenvalue weighted by molar-refractivity contribution is -0.914. The van der Waals surface area contributed by atoms with Gasteiger partial charge in [0, 0.05) is 13.6 Å². The fraction of sp³-hybridized carbons (Fsp3) is 0.706. The third-order valence-corrected chi connectivity index (χ3v) is 4.25. The second-order valence-corrected chi connectivity index (χ2v) is 6.95. The average Bonchev–Trinajstić information content (AvgIpc) is 2.84. The first-order valence-electron chi connectivity index (χ1n) is 8.90. The largest absolute Gasteiger partial charge is 0.329 e. The van der Waals surface area contributed by atoms with Crippen LogP contribution >= 0.6 is 0 Å². The van der Waals surface area contributed by atoms with Gasteiger partial charge in [-0.2, -0.15) is 0 Å². The molecule has 0 spiro atoms. The molecule has 0 unspecified atom stereocenters. The van der Waals surface area contributed by atoms with Crippen molar-refractivity contribution in [3.8, 4) is 0 Å². The molecule has 0 amide bonds. The standard InChI is InChI=1S/C17H29N5O2/c1-6-8-21(9-7-2)11-13-18-15-14(22(13)10-12(3)4)16(23)19-17(24)20(15)5/h12H,6-11H2,1-5H3,(H,19,23,24)/p+1. The molecular weight excluding hydrogens is 306 g/mol. The first-order chi connectivity index (χ1) is 11.4. The molecule has 2 aromatic heterocycles. The van der Waals surface area contributed by atoms with Gasteiger partial charge in [-0.1, -0.05) is 27.7 Å². The van der Waals surface area contributed by atoms with Crippen molar-refractivity contribution in [1.29, 1.82) is 0 Å². The van der Waals surface area contributed by atoms with Crippen LogP contribution in [-0.2, 0) is 20.1 Å². The number of imidazole rings is 1. The smallest absolute Gasteiger partial charge is 0.329 e. The Hall–Kier alpha value is -1.89. The van der Waals surface area contributed by atoms with Gasteiger partial charge in [-0.05, 0) is 18.8 Å². The van der Waals surface area contributed by atoms with Crippen molar-refractivity contribution in [2.24, 2.45) is 13.0 Å². The van der Waals surface area contributed by atoms with Gasteiger partial charge < -0.3 is 9.47 Å². The van der Waals surface area contributed by atoms with Gasteiger partial charge in [0.2, 0.25) is 0 Å². The van der Waals surface area contributed by atoms with Gasteiger partial charge in [0.25, 0.3) is 5.56 Å². The van der Waals surface area contributed by atoms with Crippen LogP contribution < -0.4 is 16.1 Å². The molecule has 134 valence electrons. The molecule has 24 heavy (non-hydrogen) atoms. The number of rotatable bonds is 8. The highest BCUT2D eigenvalue weighted by atomic mass is 16.2. The van der Waals surface area contributed by atoms with Crippen molar-refractivity contribution in [1.82, 2.24) is 19.1 Å². The van der Waals surface area contributed by atoms with E-state index in [4.69, 9.17) is 0 Å². The molecule has 0 aliphatic rings. The molecule has 2 aromatic rings. The van der Waals surface area contributed by atoms with Crippen LogP contribution in [0.1, 0.15) is 46.4 Å². The predicted octanol–water partition coefficient (Wildman–Crippen LogP) is 0.284. The van der Waals surface area contributed by atoms with Gasteiger partial charge >= 0.3 is 5.69 Å². The van der Waals surface area contributed by atoms with Gasteiger partial charge in [0.15, 0.2) is 17.0 Å². The summed E-state index contributed by atoms with van der Waals surface area (Å²) in [6.45, 7) is 12.3. The number of aromatic amines is 1. The summed E-state index contributed by atoms with van der Waals surface area (Å²) in [6.07, 6.45) is 2.22. The maximum absolute atomic E-state index is 12.4. The molecule has 0 saturated heterocycles. The van der Waals surface area contributed by atoms with E-state index in [1.165, 1.54) is 9.47 Å². The lowest BCUT2D eigenvalue weighted by atomic mass is 10.2. The first kappa shape index (κ1) is 18.4. The second kappa shape index (κ2) is 7.79. The summed E-state index contributed by atoms with van der Waals surface area (Å²) in [5, 5.41) is 0. The van der Waals surface area contributed by atoms with Crippen molar-refractivity contribution in [2.45, 2.75) is 53.6 Å². The summed E-state index contributed by atoms with van der Waals surface area (Å²) >= 11 is 0. The molecule has 0 aliphatic carbocycles. The fourth-order valence-corrected chi connectivity index (χ4v) is 3.21. The van der Waals surface area contributed by atoms with Crippen LogP contribution in [0, 0.1) is 5.92 Å². The molecule has 2 N–H and O–H groups in total. The van der Waals surface area contributed by atoms with Crippen LogP contribution in [0.4, 0.5) is 0 Å². The summed E-state index contributed by atoms with van der Waals surface area (Å²) < 4.78 is 3.43. The van der Waals surface area contributed by atoms with E-state index in [0.29, 0.717) is 17.1 Å². The molecule has 7 nitrogen and oxygen atoms in total. The zero-order valence-corrected chi connectivity index (χ0v) is 15.5. The molecule has 0 radical (unpaired) electrons. The maximum atomic E-state index is 12.4. The molecule has 2 heterocycles. The fourth-order valence-electron chi connectivity index (χ4n) is 3.21. The Labute approximate surface area is 142 Å². The van der Waals surface area contributed by atoms with Gasteiger partial charge in [0.05, 0.1) is 13.1 Å². The number of fused-ring (bicyclic) bond motifs is 1. The molecule has 2 rings (SSSR count). The molecule has 0 aliphatic heterocycles. The first-order valence-corrected chi connectivity index (χ1v) is 8.90. The molecule has 0 aromatic carbocycles. The highest BCUT2D eigenvalue weighted by molar-refractivity contribution is 5.70. The Bertz CT molecular complexity index is 794. The van der Waals surface area contributed by atoms with Crippen molar-refractivity contribution < 1.29 is 4.90 Å². The van der Waals surface area contributed by atoms with E-state index in [0.717, 1.165) is 44.8 Å². The third kappa shape index (κ3) is 3.77. The topological polar surface area (TPSA) is 77.1 Å². The zero-order chi connectivity index (χ0) is 17.9. The van der Waals surface area contributed by atoms with Gasteiger partial charge in [-0.25, -0.2) is 9.78 Å². The lowest BCUT2D eigenvalue weighted by Gasteiger charge is -2.19. The van der Waals surface area contributed by atoms with Crippen LogP contribution in [0.15, 0.2) is 9.59 Å². The van der Waals surface area contributed by atoms with Crippen molar-refractivity contribution in [3.05, 3.63) is 26.7 Å². The van der Waals surface area contributed by atoms with Crippen LogP contribution in [-0.4, -0.2) is 32.2 Å². The van der Waals surface area contributed by atoms with E-state index in [2.05, 4.69) is 37.7 Å². The molecule has 0 saturated carbocycles. The van der Waals surface area contributed by atoms with E-state index < -0.39 is 5.69 Å². The summed E-state index contributed by atoms with van der Waals surface area (Å²) in [4.78, 5) is 32.8. The molecular formula is C17H30N5O2+. The van der Waals surface area contributed by atoms with Gasteiger partial charge in [-0.3, -0.25) is 14.3 Å². The lowest BCUT2D eigenvalue weighted by Crippen LogP contribution is -3.10. The summed E-state index contributed by atoms with van der Waals surface area (Å²) in [5.41, 5.74) is 0.222. The Morgan fingerprint density at radius 2 is 1.79 bits per heavy atom. The molecule has 0 atom stereocenters. The van der Waals surface area contributed by atoms with Crippen LogP contribution in [0.2, 0.25) is 0 Å². The van der Waals surface area contributed by atoms with E-state index in [9.17, 15) is 9.59 Å². The van der Waals surface area contributed by atoms with Crippen molar-refractivity contribution in [3.63, 3.8) is 0 Å².